The summed E-state index contributed by atoms with van der Waals surface area (Å²) in [4.78, 5) is 36.7. The molecule has 2 atom stereocenters. The lowest BCUT2D eigenvalue weighted by Crippen LogP contribution is -2.33. The summed E-state index contributed by atoms with van der Waals surface area (Å²) < 4.78 is 8.63. The molecule has 0 saturated heterocycles. The first-order valence-electron chi connectivity index (χ1n) is 12.7. The summed E-state index contributed by atoms with van der Waals surface area (Å²) in [6.45, 7) is 7.88. The summed E-state index contributed by atoms with van der Waals surface area (Å²) in [7, 11) is 0. The van der Waals surface area contributed by atoms with Gasteiger partial charge in [-0.3, -0.25) is 14.2 Å². The van der Waals surface area contributed by atoms with Gasteiger partial charge < -0.3 is 10.1 Å². The van der Waals surface area contributed by atoms with Crippen LogP contribution in [0.4, 0.5) is 0 Å². The van der Waals surface area contributed by atoms with Crippen LogP contribution in [-0.2, 0) is 4.74 Å². The Bertz CT molecular complexity index is 1800. The SMILES string of the molecule is CCOC(C)C#Cc1cccc2nc([C@H](C)NC(=O)c3c(C)nn4cccnc34)n(-c3ccccc3)c(=O)c12. The third-order valence-electron chi connectivity index (χ3n) is 6.30. The topological polar surface area (TPSA) is 103 Å². The molecular formula is C30H28N6O3. The number of para-hydroxylation sites is 1. The lowest BCUT2D eigenvalue weighted by atomic mass is 10.1. The van der Waals surface area contributed by atoms with Crippen molar-refractivity contribution in [3.05, 3.63) is 100.0 Å². The van der Waals surface area contributed by atoms with E-state index in [-0.39, 0.29) is 17.6 Å². The second kappa shape index (κ2) is 10.9. The molecule has 39 heavy (non-hydrogen) atoms. The first-order valence-corrected chi connectivity index (χ1v) is 12.7. The largest absolute Gasteiger partial charge is 0.366 e. The molecule has 0 fully saturated rings. The van der Waals surface area contributed by atoms with E-state index in [1.165, 1.54) is 4.57 Å². The molecule has 0 spiro atoms. The molecule has 2 aromatic carbocycles. The zero-order valence-corrected chi connectivity index (χ0v) is 22.2. The van der Waals surface area contributed by atoms with Crippen LogP contribution >= 0.6 is 0 Å². The average molecular weight is 521 g/mol. The first-order chi connectivity index (χ1) is 18.9. The maximum absolute atomic E-state index is 14.1. The van der Waals surface area contributed by atoms with E-state index in [4.69, 9.17) is 9.72 Å². The maximum Gasteiger partial charge on any atom is 0.267 e. The number of rotatable bonds is 6. The third kappa shape index (κ3) is 5.02. The fourth-order valence-corrected chi connectivity index (χ4v) is 4.54. The first kappa shape index (κ1) is 25.8. The number of nitrogens with zero attached hydrogens (tertiary/aromatic N) is 5. The van der Waals surface area contributed by atoms with Crippen molar-refractivity contribution in [2.24, 2.45) is 0 Å². The summed E-state index contributed by atoms with van der Waals surface area (Å²) in [5, 5.41) is 7.79. The Labute approximate surface area is 225 Å². The molecule has 5 rings (SSSR count). The Hall–Kier alpha value is -4.81. The van der Waals surface area contributed by atoms with Crippen LogP contribution in [0.1, 0.15) is 54.3 Å². The van der Waals surface area contributed by atoms with Gasteiger partial charge in [-0.25, -0.2) is 14.5 Å². The number of ether oxygens (including phenoxy) is 1. The number of benzene rings is 2. The fraction of sp³-hybridized carbons (Fsp3) is 0.233. The number of nitrogens with one attached hydrogen (secondary N) is 1. The molecule has 9 nitrogen and oxygen atoms in total. The monoisotopic (exact) mass is 520 g/mol. The standard InChI is InChI=1S/C30H28N6O3/c1-5-39-19(2)15-16-22-11-9-14-24-26(22)30(38)36(23-12-7-6-8-13-23)27(33-24)21(4)32-29(37)25-20(3)34-35-18-10-17-31-28(25)35/h6-14,17-19,21H,5H2,1-4H3,(H,32,37)/t19?,21-/m0/s1. The molecule has 0 bridgehead atoms. The average Bonchev–Trinajstić information content (AvgIpc) is 3.28. The van der Waals surface area contributed by atoms with Gasteiger partial charge in [0.15, 0.2) is 5.65 Å². The molecule has 3 aromatic heterocycles. The van der Waals surface area contributed by atoms with Crippen molar-refractivity contribution < 1.29 is 9.53 Å². The summed E-state index contributed by atoms with van der Waals surface area (Å²) in [6, 6.07) is 15.8. The van der Waals surface area contributed by atoms with Crippen LogP contribution in [-0.4, -0.2) is 42.8 Å². The fourth-order valence-electron chi connectivity index (χ4n) is 4.54. The Morgan fingerprint density at radius 2 is 1.90 bits per heavy atom. The Balaban J connectivity index is 1.63. The molecule has 196 valence electrons. The number of amides is 1. The van der Waals surface area contributed by atoms with Crippen LogP contribution in [0, 0.1) is 18.8 Å². The molecule has 0 aliphatic rings. The third-order valence-corrected chi connectivity index (χ3v) is 6.30. The minimum atomic E-state index is -0.624. The second-order valence-corrected chi connectivity index (χ2v) is 9.06. The summed E-state index contributed by atoms with van der Waals surface area (Å²) >= 11 is 0. The van der Waals surface area contributed by atoms with Crippen LogP contribution in [0.25, 0.3) is 22.2 Å². The van der Waals surface area contributed by atoms with Crippen molar-refractivity contribution in [1.29, 1.82) is 0 Å². The van der Waals surface area contributed by atoms with E-state index >= 15 is 0 Å². The molecule has 5 aromatic rings. The van der Waals surface area contributed by atoms with Gasteiger partial charge >= 0.3 is 0 Å². The maximum atomic E-state index is 14.1. The molecule has 0 saturated carbocycles. The number of carbonyl (C=O) groups is 1. The van der Waals surface area contributed by atoms with E-state index in [9.17, 15) is 9.59 Å². The predicted molar refractivity (Wildman–Crippen MR) is 149 cm³/mol. The molecule has 0 radical (unpaired) electrons. The van der Waals surface area contributed by atoms with Crippen molar-refractivity contribution in [1.82, 2.24) is 29.5 Å². The van der Waals surface area contributed by atoms with Gasteiger partial charge in [0.05, 0.1) is 28.3 Å². The second-order valence-electron chi connectivity index (χ2n) is 9.06. The zero-order valence-electron chi connectivity index (χ0n) is 22.2. The van der Waals surface area contributed by atoms with Crippen molar-refractivity contribution in [2.75, 3.05) is 6.61 Å². The van der Waals surface area contributed by atoms with Crippen LogP contribution in [0.3, 0.4) is 0 Å². The van der Waals surface area contributed by atoms with Gasteiger partial charge in [-0.2, -0.15) is 5.10 Å². The van der Waals surface area contributed by atoms with E-state index in [2.05, 4.69) is 27.2 Å². The van der Waals surface area contributed by atoms with E-state index in [1.807, 2.05) is 50.2 Å². The van der Waals surface area contributed by atoms with E-state index in [0.717, 1.165) is 0 Å². The predicted octanol–water partition coefficient (Wildman–Crippen LogP) is 4.00. The smallest absolute Gasteiger partial charge is 0.267 e. The lowest BCUT2D eigenvalue weighted by Gasteiger charge is -2.20. The van der Waals surface area contributed by atoms with Crippen LogP contribution in [0.5, 0.6) is 0 Å². The van der Waals surface area contributed by atoms with Gasteiger partial charge in [0.1, 0.15) is 17.5 Å². The Kier molecular flexibility index (Phi) is 7.21. The van der Waals surface area contributed by atoms with Gasteiger partial charge in [-0.15, -0.1) is 0 Å². The van der Waals surface area contributed by atoms with Crippen LogP contribution < -0.4 is 10.9 Å². The van der Waals surface area contributed by atoms with Crippen molar-refractivity contribution in [3.8, 4) is 17.5 Å². The molecule has 9 heteroatoms. The van der Waals surface area contributed by atoms with Crippen molar-refractivity contribution >= 4 is 22.5 Å². The number of hydrogen-bond acceptors (Lipinski definition) is 6. The minimum absolute atomic E-state index is 0.273. The lowest BCUT2D eigenvalue weighted by molar-refractivity contribution is 0.0938. The van der Waals surface area contributed by atoms with Gasteiger partial charge in [0, 0.05) is 24.6 Å². The highest BCUT2D eigenvalue weighted by atomic mass is 16.5. The number of hydrogen-bond donors (Lipinski definition) is 1. The quantitative estimate of drug-likeness (QED) is 0.340. The van der Waals surface area contributed by atoms with E-state index in [0.29, 0.717) is 51.5 Å². The normalized spacial score (nSPS) is 12.6. The number of carbonyl (C=O) groups excluding carboxylic acids is 1. The van der Waals surface area contributed by atoms with Gasteiger partial charge in [0.25, 0.3) is 11.5 Å². The number of aryl methyl sites for hydroxylation is 1. The minimum Gasteiger partial charge on any atom is -0.366 e. The highest BCUT2D eigenvalue weighted by Gasteiger charge is 2.24. The van der Waals surface area contributed by atoms with Gasteiger partial charge in [-0.1, -0.05) is 36.1 Å². The molecular weight excluding hydrogens is 492 g/mol. The molecule has 1 unspecified atom stereocenters. The van der Waals surface area contributed by atoms with Crippen LogP contribution in [0.2, 0.25) is 0 Å². The molecule has 3 heterocycles. The molecule has 0 aliphatic carbocycles. The summed E-state index contributed by atoms with van der Waals surface area (Å²) in [5.41, 5.74) is 2.80. The zero-order chi connectivity index (χ0) is 27.5. The molecule has 0 aliphatic heterocycles. The van der Waals surface area contributed by atoms with E-state index < -0.39 is 6.04 Å². The highest BCUT2D eigenvalue weighted by molar-refractivity contribution is 6.01. The van der Waals surface area contributed by atoms with Crippen molar-refractivity contribution in [2.45, 2.75) is 39.8 Å². The van der Waals surface area contributed by atoms with Crippen molar-refractivity contribution in [3.63, 3.8) is 0 Å². The van der Waals surface area contributed by atoms with E-state index in [1.54, 1.807) is 49.0 Å². The number of fused-ring (bicyclic) bond motifs is 2. The molecule has 1 amide bonds. The highest BCUT2D eigenvalue weighted by Crippen LogP contribution is 2.21. The summed E-state index contributed by atoms with van der Waals surface area (Å²) in [5.74, 6) is 6.19. The van der Waals surface area contributed by atoms with Crippen LogP contribution in [0.15, 0.2) is 71.8 Å². The molecule has 1 N–H and O–H groups in total. The Morgan fingerprint density at radius 1 is 1.10 bits per heavy atom. The van der Waals surface area contributed by atoms with Gasteiger partial charge in [-0.05, 0) is 58.0 Å². The number of aromatic nitrogens is 5. The summed E-state index contributed by atoms with van der Waals surface area (Å²) in [6.07, 6.45) is 3.08. The van der Waals surface area contributed by atoms with Gasteiger partial charge in [0.2, 0.25) is 0 Å². The Morgan fingerprint density at radius 3 is 2.67 bits per heavy atom.